The smallest absolute Gasteiger partial charge is 0.257 e. The van der Waals surface area contributed by atoms with Crippen LogP contribution in [0.2, 0.25) is 0 Å². The first kappa shape index (κ1) is 15.6. The molecular weight excluding hydrogens is 326 g/mol. The SMILES string of the molecule is C[C@]12CCC(=O)N1[C@H](C(=O)NS(=O)(=O)CC1(C#N)CC1)CS2. The van der Waals surface area contributed by atoms with E-state index in [-0.39, 0.29) is 11.7 Å². The summed E-state index contributed by atoms with van der Waals surface area (Å²) in [5, 5.41) is 8.97. The fourth-order valence-corrected chi connectivity index (χ4v) is 6.10. The highest BCUT2D eigenvalue weighted by Crippen LogP contribution is 2.48. The van der Waals surface area contributed by atoms with Gasteiger partial charge in [0.2, 0.25) is 15.9 Å². The van der Waals surface area contributed by atoms with E-state index in [2.05, 4.69) is 4.72 Å². The molecule has 1 saturated carbocycles. The van der Waals surface area contributed by atoms with Crippen LogP contribution in [0.1, 0.15) is 32.6 Å². The molecule has 0 aromatic carbocycles. The number of amides is 2. The average Bonchev–Trinajstić information content (AvgIpc) is 3.00. The summed E-state index contributed by atoms with van der Waals surface area (Å²) in [5.74, 6) is -0.735. The van der Waals surface area contributed by atoms with E-state index < -0.39 is 32.3 Å². The lowest BCUT2D eigenvalue weighted by Gasteiger charge is -2.29. The van der Waals surface area contributed by atoms with Crippen LogP contribution >= 0.6 is 11.8 Å². The van der Waals surface area contributed by atoms with Gasteiger partial charge in [-0.25, -0.2) is 8.42 Å². The van der Waals surface area contributed by atoms with Crippen molar-refractivity contribution in [3.63, 3.8) is 0 Å². The highest BCUT2D eigenvalue weighted by molar-refractivity contribution is 8.01. The van der Waals surface area contributed by atoms with Crippen molar-refractivity contribution < 1.29 is 18.0 Å². The minimum absolute atomic E-state index is 0.110. The van der Waals surface area contributed by atoms with Crippen LogP contribution in [0.4, 0.5) is 0 Å². The number of nitrogens with one attached hydrogen (secondary N) is 1. The fraction of sp³-hybridized carbons (Fsp3) is 0.769. The monoisotopic (exact) mass is 343 g/mol. The maximum absolute atomic E-state index is 12.3. The van der Waals surface area contributed by atoms with Crippen LogP contribution in [-0.4, -0.2) is 47.6 Å². The molecule has 22 heavy (non-hydrogen) atoms. The summed E-state index contributed by atoms with van der Waals surface area (Å²) in [5.41, 5.74) is -0.839. The van der Waals surface area contributed by atoms with Crippen LogP contribution in [-0.2, 0) is 19.6 Å². The summed E-state index contributed by atoms with van der Waals surface area (Å²) in [6.07, 6.45) is 2.14. The standard InChI is InChI=1S/C13H17N3O4S2/c1-12-3-2-10(17)16(12)9(6-21-12)11(18)15-22(19,20)8-13(7-14)4-5-13/h9H,2-6,8H2,1H3,(H,15,18)/t9-,12-/m0/s1. The predicted molar refractivity (Wildman–Crippen MR) is 79.9 cm³/mol. The minimum Gasteiger partial charge on any atom is -0.315 e. The van der Waals surface area contributed by atoms with Gasteiger partial charge in [0.25, 0.3) is 5.91 Å². The van der Waals surface area contributed by atoms with Crippen LogP contribution in [0.15, 0.2) is 0 Å². The first-order valence-corrected chi connectivity index (χ1v) is 9.76. The molecule has 0 radical (unpaired) electrons. The molecule has 2 atom stereocenters. The van der Waals surface area contributed by atoms with E-state index in [1.807, 2.05) is 13.0 Å². The maximum atomic E-state index is 12.3. The van der Waals surface area contributed by atoms with Crippen molar-refractivity contribution in [2.75, 3.05) is 11.5 Å². The zero-order valence-electron chi connectivity index (χ0n) is 12.2. The van der Waals surface area contributed by atoms with Gasteiger partial charge in [-0.1, -0.05) is 0 Å². The number of nitrogens with zero attached hydrogens (tertiary/aromatic N) is 2. The van der Waals surface area contributed by atoms with Crippen molar-refractivity contribution in [1.82, 2.24) is 9.62 Å². The van der Waals surface area contributed by atoms with Gasteiger partial charge < -0.3 is 4.90 Å². The average molecular weight is 343 g/mol. The van der Waals surface area contributed by atoms with Gasteiger partial charge in [-0.05, 0) is 26.2 Å². The van der Waals surface area contributed by atoms with Crippen molar-refractivity contribution in [3.05, 3.63) is 0 Å². The van der Waals surface area contributed by atoms with Crippen molar-refractivity contribution in [2.24, 2.45) is 5.41 Å². The molecule has 9 heteroatoms. The van der Waals surface area contributed by atoms with Gasteiger partial charge in [0.1, 0.15) is 6.04 Å². The summed E-state index contributed by atoms with van der Waals surface area (Å²) in [6, 6.07) is 1.25. The van der Waals surface area contributed by atoms with E-state index in [0.29, 0.717) is 31.4 Å². The van der Waals surface area contributed by atoms with E-state index in [0.717, 1.165) is 0 Å². The minimum atomic E-state index is -3.86. The number of nitriles is 1. The molecular formula is C13H17N3O4S2. The van der Waals surface area contributed by atoms with E-state index in [4.69, 9.17) is 5.26 Å². The Hall–Kier alpha value is -1.27. The molecule has 0 unspecified atom stereocenters. The molecule has 2 saturated heterocycles. The zero-order valence-corrected chi connectivity index (χ0v) is 13.8. The lowest BCUT2D eigenvalue weighted by Crippen LogP contribution is -2.51. The second-order valence-corrected chi connectivity index (χ2v) is 9.61. The largest absolute Gasteiger partial charge is 0.315 e. The molecule has 0 aromatic heterocycles. The van der Waals surface area contributed by atoms with E-state index >= 15 is 0 Å². The first-order valence-electron chi connectivity index (χ1n) is 7.12. The van der Waals surface area contributed by atoms with Gasteiger partial charge >= 0.3 is 0 Å². The Labute approximate surface area is 133 Å². The first-order chi connectivity index (χ1) is 10.2. The number of rotatable bonds is 4. The molecule has 0 spiro atoms. The van der Waals surface area contributed by atoms with Crippen molar-refractivity contribution in [3.8, 4) is 6.07 Å². The fourth-order valence-electron chi connectivity index (χ4n) is 3.08. The number of sulfonamides is 1. The topological polar surface area (TPSA) is 107 Å². The molecule has 7 nitrogen and oxygen atoms in total. The third-order valence-corrected chi connectivity index (χ3v) is 7.51. The Bertz CT molecular complexity index is 680. The Morgan fingerprint density at radius 3 is 2.77 bits per heavy atom. The highest BCUT2D eigenvalue weighted by Gasteiger charge is 2.54. The molecule has 120 valence electrons. The Kier molecular flexibility index (Phi) is 3.45. The van der Waals surface area contributed by atoms with Gasteiger partial charge in [0.15, 0.2) is 0 Å². The van der Waals surface area contributed by atoms with Gasteiger partial charge in [0.05, 0.1) is 22.1 Å². The van der Waals surface area contributed by atoms with Crippen LogP contribution in [0.3, 0.4) is 0 Å². The normalized spacial score (nSPS) is 32.5. The predicted octanol–water partition coefficient (Wildman–Crippen LogP) is 0.190. The molecule has 3 aliphatic rings. The number of hydrogen-bond donors (Lipinski definition) is 1. The van der Waals surface area contributed by atoms with E-state index in [9.17, 15) is 18.0 Å². The maximum Gasteiger partial charge on any atom is 0.257 e. The summed E-state index contributed by atoms with van der Waals surface area (Å²) in [7, 11) is -3.86. The molecule has 0 bridgehead atoms. The molecule has 3 fully saturated rings. The van der Waals surface area contributed by atoms with Gasteiger partial charge in [-0.3, -0.25) is 14.3 Å². The zero-order chi connectivity index (χ0) is 16.2. The molecule has 3 rings (SSSR count). The quantitative estimate of drug-likeness (QED) is 0.781. The Morgan fingerprint density at radius 2 is 2.18 bits per heavy atom. The van der Waals surface area contributed by atoms with Crippen LogP contribution in [0.5, 0.6) is 0 Å². The van der Waals surface area contributed by atoms with E-state index in [1.165, 1.54) is 16.7 Å². The van der Waals surface area contributed by atoms with Crippen LogP contribution in [0.25, 0.3) is 0 Å². The lowest BCUT2D eigenvalue weighted by atomic mass is 10.2. The van der Waals surface area contributed by atoms with Gasteiger partial charge in [-0.15, -0.1) is 11.8 Å². The molecule has 2 amide bonds. The Balaban J connectivity index is 1.70. The third kappa shape index (κ3) is 2.58. The lowest BCUT2D eigenvalue weighted by molar-refractivity contribution is -0.137. The number of carbonyl (C=O) groups is 2. The summed E-state index contributed by atoms with van der Waals surface area (Å²) < 4.78 is 26.2. The number of thioether (sulfide) groups is 1. The van der Waals surface area contributed by atoms with Crippen molar-refractivity contribution >= 4 is 33.6 Å². The van der Waals surface area contributed by atoms with Crippen LogP contribution in [0, 0.1) is 16.7 Å². The van der Waals surface area contributed by atoms with Crippen molar-refractivity contribution in [2.45, 2.75) is 43.5 Å². The Morgan fingerprint density at radius 1 is 1.50 bits per heavy atom. The highest BCUT2D eigenvalue weighted by atomic mass is 32.2. The molecule has 1 aliphatic carbocycles. The molecule has 1 N–H and O–H groups in total. The number of hydrogen-bond acceptors (Lipinski definition) is 6. The summed E-state index contributed by atoms with van der Waals surface area (Å²) >= 11 is 1.51. The molecule has 0 aromatic rings. The van der Waals surface area contributed by atoms with Gasteiger partial charge in [-0.2, -0.15) is 5.26 Å². The van der Waals surface area contributed by atoms with E-state index in [1.54, 1.807) is 0 Å². The van der Waals surface area contributed by atoms with Gasteiger partial charge in [0, 0.05) is 12.2 Å². The van der Waals surface area contributed by atoms with Crippen molar-refractivity contribution in [1.29, 1.82) is 5.26 Å². The third-order valence-electron chi connectivity index (χ3n) is 4.56. The second-order valence-electron chi connectivity index (χ2n) is 6.38. The molecule has 2 heterocycles. The summed E-state index contributed by atoms with van der Waals surface area (Å²) in [4.78, 5) is 25.4. The number of fused-ring (bicyclic) bond motifs is 1. The van der Waals surface area contributed by atoms with Crippen LogP contribution < -0.4 is 4.72 Å². The second kappa shape index (κ2) is 4.86. The summed E-state index contributed by atoms with van der Waals surface area (Å²) in [6.45, 7) is 1.90. The number of carbonyl (C=O) groups excluding carboxylic acids is 2. The molecule has 2 aliphatic heterocycles.